The Bertz CT molecular complexity index is 582. The molecule has 0 aromatic heterocycles. The fourth-order valence-corrected chi connectivity index (χ4v) is 3.31. The quantitative estimate of drug-likeness (QED) is 0.828. The van der Waals surface area contributed by atoms with Crippen LogP contribution in [0.5, 0.6) is 5.75 Å². The minimum absolute atomic E-state index is 0.0136. The normalized spacial score (nSPS) is 20.9. The number of benzene rings is 1. The van der Waals surface area contributed by atoms with Crippen molar-refractivity contribution >= 4 is 17.6 Å². The van der Waals surface area contributed by atoms with Crippen LogP contribution in [-0.4, -0.2) is 49.9 Å². The van der Waals surface area contributed by atoms with Crippen molar-refractivity contribution < 1.29 is 14.3 Å². The molecule has 1 heterocycles. The van der Waals surface area contributed by atoms with Crippen LogP contribution in [0.2, 0.25) is 5.02 Å². The van der Waals surface area contributed by atoms with Crippen molar-refractivity contribution in [3.05, 3.63) is 28.8 Å². The van der Waals surface area contributed by atoms with Gasteiger partial charge in [-0.3, -0.25) is 0 Å². The Morgan fingerprint density at radius 1 is 1.36 bits per heavy atom. The maximum absolute atomic E-state index is 12.4. The Morgan fingerprint density at radius 2 is 2.16 bits per heavy atom. The average Bonchev–Trinajstić information content (AvgIpc) is 2.80. The van der Waals surface area contributed by atoms with E-state index < -0.39 is 0 Å². The highest BCUT2D eigenvalue weighted by Gasteiger charge is 2.29. The molecule has 2 amide bonds. The minimum atomic E-state index is -0.123. The van der Waals surface area contributed by atoms with Gasteiger partial charge in [-0.05, 0) is 63.3 Å². The van der Waals surface area contributed by atoms with E-state index in [9.17, 15) is 4.79 Å². The number of ether oxygens (including phenoxy) is 2. The maximum Gasteiger partial charge on any atom is 0.317 e. The van der Waals surface area contributed by atoms with Crippen molar-refractivity contribution in [2.24, 2.45) is 0 Å². The number of urea groups is 1. The zero-order valence-corrected chi connectivity index (χ0v) is 16.2. The summed E-state index contributed by atoms with van der Waals surface area (Å²) in [5, 5.41) is 3.69. The van der Waals surface area contributed by atoms with Gasteiger partial charge in [0.05, 0.1) is 12.2 Å². The van der Waals surface area contributed by atoms with E-state index in [0.29, 0.717) is 24.6 Å². The van der Waals surface area contributed by atoms with Crippen LogP contribution in [0.15, 0.2) is 18.2 Å². The van der Waals surface area contributed by atoms with Crippen LogP contribution in [0.4, 0.5) is 4.79 Å². The lowest BCUT2D eigenvalue weighted by molar-refractivity contribution is -0.00499. The molecule has 0 unspecified atom stereocenters. The Morgan fingerprint density at radius 3 is 2.88 bits per heavy atom. The molecule has 0 saturated carbocycles. The zero-order valence-electron chi connectivity index (χ0n) is 15.4. The molecular weight excluding hydrogens is 340 g/mol. The van der Waals surface area contributed by atoms with Crippen LogP contribution in [0.25, 0.3) is 0 Å². The molecule has 1 fully saturated rings. The summed E-state index contributed by atoms with van der Waals surface area (Å²) in [6.45, 7) is 6.71. The lowest BCUT2D eigenvalue weighted by Gasteiger charge is -2.26. The molecule has 1 aliphatic rings. The van der Waals surface area contributed by atoms with Gasteiger partial charge in [0.1, 0.15) is 5.75 Å². The van der Waals surface area contributed by atoms with Crippen molar-refractivity contribution in [1.82, 2.24) is 10.2 Å². The highest BCUT2D eigenvalue weighted by molar-refractivity contribution is 6.30. The Kier molecular flexibility index (Phi) is 7.38. The van der Waals surface area contributed by atoms with Gasteiger partial charge >= 0.3 is 6.03 Å². The van der Waals surface area contributed by atoms with E-state index in [1.807, 2.05) is 30.0 Å². The third kappa shape index (κ3) is 5.79. The first kappa shape index (κ1) is 19.9. The lowest BCUT2D eigenvalue weighted by atomic mass is 9.97. The van der Waals surface area contributed by atoms with Crippen LogP contribution in [0, 0.1) is 0 Å². The molecule has 1 atom stereocenters. The standard InChI is InChI=1S/C19H29ClN2O3/c1-4-25-17-7-6-16(20)14-15(17)8-11-21-18(23)22-12-5-9-19(2,24-3)10-13-22/h6-7,14H,4-5,8-13H2,1-3H3,(H,21,23)/t19-/m0/s1. The number of nitrogens with zero attached hydrogens (tertiary/aromatic N) is 1. The number of hydrogen-bond donors (Lipinski definition) is 1. The van der Waals surface area contributed by atoms with Gasteiger partial charge < -0.3 is 19.7 Å². The third-order valence-corrected chi connectivity index (χ3v) is 5.05. The number of amides is 2. The Labute approximate surface area is 155 Å². The molecule has 1 aromatic rings. The van der Waals surface area contributed by atoms with Crippen molar-refractivity contribution in [2.75, 3.05) is 33.4 Å². The smallest absolute Gasteiger partial charge is 0.317 e. The Hall–Kier alpha value is -1.46. The molecule has 1 aliphatic heterocycles. The number of halogens is 1. The number of carbonyl (C=O) groups excluding carboxylic acids is 1. The van der Waals surface area contributed by atoms with Gasteiger partial charge in [-0.1, -0.05) is 11.6 Å². The molecule has 5 nitrogen and oxygen atoms in total. The van der Waals surface area contributed by atoms with Crippen molar-refractivity contribution in [3.8, 4) is 5.75 Å². The predicted octanol–water partition coefficient (Wildman–Crippen LogP) is 3.88. The molecule has 25 heavy (non-hydrogen) atoms. The summed E-state index contributed by atoms with van der Waals surface area (Å²) in [5.41, 5.74) is 0.889. The van der Waals surface area contributed by atoms with Gasteiger partial charge in [0.15, 0.2) is 0 Å². The van der Waals surface area contributed by atoms with Gasteiger partial charge in [0.2, 0.25) is 0 Å². The molecular formula is C19H29ClN2O3. The molecule has 0 radical (unpaired) electrons. The highest BCUT2D eigenvalue weighted by Crippen LogP contribution is 2.25. The number of likely N-dealkylation sites (tertiary alicyclic amines) is 1. The Balaban J connectivity index is 1.85. The molecule has 0 spiro atoms. The highest BCUT2D eigenvalue weighted by atomic mass is 35.5. The third-order valence-electron chi connectivity index (χ3n) is 4.82. The van der Waals surface area contributed by atoms with E-state index >= 15 is 0 Å². The monoisotopic (exact) mass is 368 g/mol. The molecule has 1 aromatic carbocycles. The van der Waals surface area contributed by atoms with Crippen LogP contribution in [0.1, 0.15) is 38.7 Å². The van der Waals surface area contributed by atoms with Gasteiger partial charge in [-0.2, -0.15) is 0 Å². The topological polar surface area (TPSA) is 50.8 Å². The molecule has 140 valence electrons. The molecule has 2 rings (SSSR count). The van der Waals surface area contributed by atoms with Crippen molar-refractivity contribution in [1.29, 1.82) is 0 Å². The van der Waals surface area contributed by atoms with Gasteiger partial charge in [-0.15, -0.1) is 0 Å². The summed E-state index contributed by atoms with van der Waals surface area (Å²) < 4.78 is 11.2. The van der Waals surface area contributed by atoms with E-state index in [4.69, 9.17) is 21.1 Å². The molecule has 6 heteroatoms. The summed E-state index contributed by atoms with van der Waals surface area (Å²) in [7, 11) is 1.75. The predicted molar refractivity (Wildman–Crippen MR) is 101 cm³/mol. The fraction of sp³-hybridized carbons (Fsp3) is 0.632. The van der Waals surface area contributed by atoms with Crippen LogP contribution >= 0.6 is 11.6 Å². The number of methoxy groups -OCH3 is 1. The van der Waals surface area contributed by atoms with Gasteiger partial charge in [-0.25, -0.2) is 4.79 Å². The van der Waals surface area contributed by atoms with Crippen LogP contribution in [-0.2, 0) is 11.2 Å². The molecule has 0 aliphatic carbocycles. The maximum atomic E-state index is 12.4. The number of rotatable bonds is 6. The van der Waals surface area contributed by atoms with Gasteiger partial charge in [0, 0.05) is 31.8 Å². The van der Waals surface area contributed by atoms with Crippen molar-refractivity contribution in [3.63, 3.8) is 0 Å². The van der Waals surface area contributed by atoms with Crippen molar-refractivity contribution in [2.45, 2.75) is 45.1 Å². The van der Waals surface area contributed by atoms with E-state index in [1.54, 1.807) is 7.11 Å². The first-order chi connectivity index (χ1) is 12.0. The summed E-state index contributed by atoms with van der Waals surface area (Å²) in [5.74, 6) is 0.826. The van der Waals surface area contributed by atoms with E-state index in [-0.39, 0.29) is 11.6 Å². The summed E-state index contributed by atoms with van der Waals surface area (Å²) >= 11 is 6.08. The fourth-order valence-electron chi connectivity index (χ4n) is 3.11. The molecule has 1 N–H and O–H groups in total. The van der Waals surface area contributed by atoms with E-state index in [0.717, 1.165) is 43.7 Å². The summed E-state index contributed by atoms with van der Waals surface area (Å²) in [6.07, 6.45) is 3.49. The summed E-state index contributed by atoms with van der Waals surface area (Å²) in [6, 6.07) is 5.58. The minimum Gasteiger partial charge on any atom is -0.494 e. The summed E-state index contributed by atoms with van der Waals surface area (Å²) in [4.78, 5) is 14.3. The average molecular weight is 369 g/mol. The number of carbonyl (C=O) groups is 1. The number of hydrogen-bond acceptors (Lipinski definition) is 3. The zero-order chi connectivity index (χ0) is 18.3. The SMILES string of the molecule is CCOc1ccc(Cl)cc1CCNC(=O)N1CCC[C@](C)(OC)CC1. The molecule has 1 saturated heterocycles. The second kappa shape index (κ2) is 9.30. The van der Waals surface area contributed by atoms with E-state index in [1.165, 1.54) is 0 Å². The van der Waals surface area contributed by atoms with Gasteiger partial charge in [0.25, 0.3) is 0 Å². The van der Waals surface area contributed by atoms with Crippen LogP contribution in [0.3, 0.4) is 0 Å². The van der Waals surface area contributed by atoms with E-state index in [2.05, 4.69) is 12.2 Å². The second-order valence-corrected chi connectivity index (χ2v) is 7.10. The lowest BCUT2D eigenvalue weighted by Crippen LogP contribution is -2.42. The van der Waals surface area contributed by atoms with Crippen LogP contribution < -0.4 is 10.1 Å². The number of nitrogens with one attached hydrogen (secondary N) is 1. The first-order valence-electron chi connectivity index (χ1n) is 8.96. The largest absolute Gasteiger partial charge is 0.494 e. The second-order valence-electron chi connectivity index (χ2n) is 6.66. The molecule has 0 bridgehead atoms. The first-order valence-corrected chi connectivity index (χ1v) is 9.34.